The highest BCUT2D eigenvalue weighted by molar-refractivity contribution is 7.09. The number of aliphatic hydroxyl groups excluding tert-OH is 1. The highest BCUT2D eigenvalue weighted by Gasteiger charge is 2.11. The van der Waals surface area contributed by atoms with Crippen LogP contribution in [0.2, 0.25) is 0 Å². The summed E-state index contributed by atoms with van der Waals surface area (Å²) in [7, 11) is 1.60. The monoisotopic (exact) mass is 279 g/mol. The van der Waals surface area contributed by atoms with E-state index in [0.717, 1.165) is 16.3 Å². The Bertz CT molecular complexity index is 551. The van der Waals surface area contributed by atoms with Crippen LogP contribution in [0.25, 0.3) is 0 Å². The van der Waals surface area contributed by atoms with Gasteiger partial charge in [0.15, 0.2) is 0 Å². The minimum absolute atomic E-state index is 0.394. The standard InChI is InChI=1S/C14H17NO3S/c1-9-8-19-14(15-9)7-18-13-6-11(17-3)4-5-12(13)10(2)16/h4-6,8,10,16H,7H2,1-3H3. The molecule has 0 aliphatic rings. The van der Waals surface area contributed by atoms with Crippen molar-refractivity contribution in [2.24, 2.45) is 0 Å². The van der Waals surface area contributed by atoms with Crippen molar-refractivity contribution < 1.29 is 14.6 Å². The summed E-state index contributed by atoms with van der Waals surface area (Å²) >= 11 is 1.56. The van der Waals surface area contributed by atoms with Crippen molar-refractivity contribution in [1.82, 2.24) is 4.98 Å². The van der Waals surface area contributed by atoms with Crippen LogP contribution in [0.15, 0.2) is 23.6 Å². The van der Waals surface area contributed by atoms with Crippen LogP contribution in [0.3, 0.4) is 0 Å². The molecule has 5 heteroatoms. The number of nitrogens with zero attached hydrogens (tertiary/aromatic N) is 1. The molecule has 19 heavy (non-hydrogen) atoms. The lowest BCUT2D eigenvalue weighted by atomic mass is 10.1. The van der Waals surface area contributed by atoms with E-state index in [9.17, 15) is 5.11 Å². The third kappa shape index (κ3) is 3.45. The highest BCUT2D eigenvalue weighted by atomic mass is 32.1. The first kappa shape index (κ1) is 13.8. The summed E-state index contributed by atoms with van der Waals surface area (Å²) in [5.74, 6) is 1.33. The molecule has 0 bridgehead atoms. The van der Waals surface area contributed by atoms with Gasteiger partial charge >= 0.3 is 0 Å². The second kappa shape index (κ2) is 6.04. The number of thiazole rings is 1. The molecule has 2 rings (SSSR count). The predicted molar refractivity (Wildman–Crippen MR) is 74.8 cm³/mol. The normalized spacial score (nSPS) is 12.2. The molecule has 2 aromatic rings. The van der Waals surface area contributed by atoms with Gasteiger partial charge in [-0.15, -0.1) is 11.3 Å². The molecule has 0 saturated heterocycles. The van der Waals surface area contributed by atoms with Crippen LogP contribution < -0.4 is 9.47 Å². The highest BCUT2D eigenvalue weighted by Crippen LogP contribution is 2.30. The third-order valence-corrected chi connectivity index (χ3v) is 3.63. The molecular weight excluding hydrogens is 262 g/mol. The second-order valence-corrected chi connectivity index (χ2v) is 5.19. The van der Waals surface area contributed by atoms with Crippen molar-refractivity contribution in [3.8, 4) is 11.5 Å². The van der Waals surface area contributed by atoms with Crippen molar-refractivity contribution in [3.63, 3.8) is 0 Å². The molecule has 0 radical (unpaired) electrons. The van der Waals surface area contributed by atoms with E-state index in [1.54, 1.807) is 31.4 Å². The molecule has 1 N–H and O–H groups in total. The number of aliphatic hydroxyl groups is 1. The number of aryl methyl sites for hydroxylation is 1. The van der Waals surface area contributed by atoms with Gasteiger partial charge in [-0.1, -0.05) is 0 Å². The lowest BCUT2D eigenvalue weighted by Gasteiger charge is -2.14. The first-order chi connectivity index (χ1) is 9.10. The Labute approximate surface area is 116 Å². The quantitative estimate of drug-likeness (QED) is 0.913. The Morgan fingerprint density at radius 1 is 1.42 bits per heavy atom. The smallest absolute Gasteiger partial charge is 0.140 e. The molecule has 0 fully saturated rings. The van der Waals surface area contributed by atoms with Gasteiger partial charge in [-0.25, -0.2) is 4.98 Å². The van der Waals surface area contributed by atoms with Crippen LogP contribution in [-0.2, 0) is 6.61 Å². The van der Waals surface area contributed by atoms with Crippen LogP contribution in [0.5, 0.6) is 11.5 Å². The summed E-state index contributed by atoms with van der Waals surface area (Å²) in [5, 5.41) is 12.6. The van der Waals surface area contributed by atoms with E-state index in [0.29, 0.717) is 18.1 Å². The molecule has 0 aliphatic heterocycles. The van der Waals surface area contributed by atoms with Crippen molar-refractivity contribution in [2.45, 2.75) is 26.6 Å². The Balaban J connectivity index is 2.17. The molecule has 1 heterocycles. The minimum atomic E-state index is -0.584. The van der Waals surface area contributed by atoms with E-state index in [1.165, 1.54) is 0 Å². The van der Waals surface area contributed by atoms with Crippen molar-refractivity contribution >= 4 is 11.3 Å². The zero-order valence-corrected chi connectivity index (χ0v) is 12.0. The van der Waals surface area contributed by atoms with Crippen molar-refractivity contribution in [3.05, 3.63) is 39.8 Å². The van der Waals surface area contributed by atoms with Crippen LogP contribution in [0.1, 0.15) is 29.3 Å². The van der Waals surface area contributed by atoms with E-state index < -0.39 is 6.10 Å². The molecule has 0 aliphatic carbocycles. The fourth-order valence-corrected chi connectivity index (χ4v) is 2.40. The summed E-state index contributed by atoms with van der Waals surface area (Å²) in [6.45, 7) is 4.06. The van der Waals surface area contributed by atoms with Crippen LogP contribution in [0.4, 0.5) is 0 Å². The van der Waals surface area contributed by atoms with Crippen LogP contribution in [0, 0.1) is 6.92 Å². The Kier molecular flexibility index (Phi) is 4.39. The number of rotatable bonds is 5. The topological polar surface area (TPSA) is 51.6 Å². The zero-order chi connectivity index (χ0) is 13.8. The van der Waals surface area contributed by atoms with Gasteiger partial charge in [0, 0.05) is 22.7 Å². The van der Waals surface area contributed by atoms with E-state index in [-0.39, 0.29) is 0 Å². The molecule has 102 valence electrons. The maximum absolute atomic E-state index is 9.74. The fourth-order valence-electron chi connectivity index (χ4n) is 1.72. The SMILES string of the molecule is COc1ccc(C(C)O)c(OCc2nc(C)cs2)c1. The zero-order valence-electron chi connectivity index (χ0n) is 11.2. The maximum atomic E-state index is 9.74. The fraction of sp³-hybridized carbons (Fsp3) is 0.357. The summed E-state index contributed by atoms with van der Waals surface area (Å²) < 4.78 is 10.9. The van der Waals surface area contributed by atoms with Gasteiger partial charge in [0.25, 0.3) is 0 Å². The molecule has 1 unspecified atom stereocenters. The maximum Gasteiger partial charge on any atom is 0.140 e. The number of methoxy groups -OCH3 is 1. The number of benzene rings is 1. The van der Waals surface area contributed by atoms with Gasteiger partial charge in [-0.2, -0.15) is 0 Å². The van der Waals surface area contributed by atoms with E-state index in [4.69, 9.17) is 9.47 Å². The van der Waals surface area contributed by atoms with Gasteiger partial charge in [0.2, 0.25) is 0 Å². The summed E-state index contributed by atoms with van der Waals surface area (Å²) in [6, 6.07) is 5.40. The molecule has 1 aromatic heterocycles. The van der Waals surface area contributed by atoms with Crippen molar-refractivity contribution in [1.29, 1.82) is 0 Å². The first-order valence-electron chi connectivity index (χ1n) is 6.00. The number of hydrogen-bond donors (Lipinski definition) is 1. The lowest BCUT2D eigenvalue weighted by Crippen LogP contribution is -2.01. The molecule has 0 amide bonds. The van der Waals surface area contributed by atoms with Crippen LogP contribution >= 0.6 is 11.3 Å². The van der Waals surface area contributed by atoms with Crippen LogP contribution in [-0.4, -0.2) is 17.2 Å². The largest absolute Gasteiger partial charge is 0.497 e. The molecule has 0 saturated carbocycles. The van der Waals surface area contributed by atoms with E-state index in [1.807, 2.05) is 24.4 Å². The third-order valence-electron chi connectivity index (χ3n) is 2.69. The Morgan fingerprint density at radius 3 is 2.79 bits per heavy atom. The second-order valence-electron chi connectivity index (χ2n) is 4.25. The average Bonchev–Trinajstić information content (AvgIpc) is 2.81. The molecule has 0 spiro atoms. The van der Waals surface area contributed by atoms with Gasteiger partial charge in [0.1, 0.15) is 23.1 Å². The van der Waals surface area contributed by atoms with Gasteiger partial charge in [-0.3, -0.25) is 0 Å². The number of hydrogen-bond acceptors (Lipinski definition) is 5. The van der Waals surface area contributed by atoms with Gasteiger partial charge in [-0.05, 0) is 26.0 Å². The van der Waals surface area contributed by atoms with E-state index in [2.05, 4.69) is 4.98 Å². The first-order valence-corrected chi connectivity index (χ1v) is 6.88. The van der Waals surface area contributed by atoms with Crippen molar-refractivity contribution in [2.75, 3.05) is 7.11 Å². The van der Waals surface area contributed by atoms with Gasteiger partial charge < -0.3 is 14.6 Å². The Morgan fingerprint density at radius 2 is 2.21 bits per heavy atom. The molecule has 1 aromatic carbocycles. The summed E-state index contributed by atoms with van der Waals surface area (Å²) in [5.41, 5.74) is 1.74. The lowest BCUT2D eigenvalue weighted by molar-refractivity contribution is 0.190. The van der Waals surface area contributed by atoms with Gasteiger partial charge in [0.05, 0.1) is 13.2 Å². The predicted octanol–water partition coefficient (Wildman–Crippen LogP) is 3.09. The average molecular weight is 279 g/mol. The molecular formula is C14H17NO3S. The summed E-state index contributed by atoms with van der Waals surface area (Å²) in [6.07, 6.45) is -0.584. The molecule has 1 atom stereocenters. The number of ether oxygens (including phenoxy) is 2. The molecule has 4 nitrogen and oxygen atoms in total. The Hall–Kier alpha value is -1.59. The summed E-state index contributed by atoms with van der Waals surface area (Å²) in [4.78, 5) is 4.34. The number of aromatic nitrogens is 1. The minimum Gasteiger partial charge on any atom is -0.497 e. The van der Waals surface area contributed by atoms with E-state index >= 15 is 0 Å².